The van der Waals surface area contributed by atoms with Crippen LogP contribution in [-0.2, 0) is 19.3 Å². The summed E-state index contributed by atoms with van der Waals surface area (Å²) in [5.41, 5.74) is 0. The van der Waals surface area contributed by atoms with Gasteiger partial charge in [-0.25, -0.2) is 0 Å². The van der Waals surface area contributed by atoms with Gasteiger partial charge < -0.3 is 9.64 Å². The maximum absolute atomic E-state index is 12.8. The third kappa shape index (κ3) is 2.87. The SMILES string of the molecule is O=C(CC1CCCC2(C1)OOC1(O2)C2CC3CC(C2)CC1C3)N1CCCCC1. The van der Waals surface area contributed by atoms with Crippen LogP contribution in [0, 0.1) is 29.6 Å². The number of carbonyl (C=O) groups is 1. The highest BCUT2D eigenvalue weighted by atomic mass is 17.3. The fourth-order valence-electron chi connectivity index (χ4n) is 7.78. The van der Waals surface area contributed by atoms with E-state index in [-0.39, 0.29) is 0 Å². The van der Waals surface area contributed by atoms with E-state index in [1.807, 2.05) is 0 Å². The zero-order chi connectivity index (χ0) is 18.8. The maximum Gasteiger partial charge on any atom is 0.222 e. The number of hydrogen-bond donors (Lipinski definition) is 0. The number of piperidine rings is 1. The Morgan fingerprint density at radius 3 is 2.32 bits per heavy atom. The van der Waals surface area contributed by atoms with Crippen LogP contribution in [0.25, 0.3) is 0 Å². The molecule has 0 aromatic rings. The summed E-state index contributed by atoms with van der Waals surface area (Å²) in [4.78, 5) is 27.1. The molecule has 4 bridgehead atoms. The summed E-state index contributed by atoms with van der Waals surface area (Å²) in [7, 11) is 0. The minimum absolute atomic E-state index is 0.338. The minimum atomic E-state index is -0.597. The van der Waals surface area contributed by atoms with Crippen LogP contribution >= 0.6 is 0 Å². The van der Waals surface area contributed by atoms with E-state index in [1.165, 1.54) is 38.5 Å². The van der Waals surface area contributed by atoms with Gasteiger partial charge in [0.25, 0.3) is 0 Å². The van der Waals surface area contributed by atoms with Gasteiger partial charge in [0.2, 0.25) is 17.5 Å². The van der Waals surface area contributed by atoms with Crippen LogP contribution in [0.5, 0.6) is 0 Å². The molecule has 7 fully saturated rings. The number of nitrogens with zero attached hydrogens (tertiary/aromatic N) is 1. The zero-order valence-corrected chi connectivity index (χ0v) is 17.1. The second-order valence-corrected chi connectivity index (χ2v) is 10.8. The predicted molar refractivity (Wildman–Crippen MR) is 103 cm³/mol. The van der Waals surface area contributed by atoms with Crippen molar-refractivity contribution in [1.29, 1.82) is 0 Å². The Morgan fingerprint density at radius 1 is 0.893 bits per heavy atom. The molecule has 0 aromatic carbocycles. The van der Waals surface area contributed by atoms with Crippen LogP contribution in [-0.4, -0.2) is 35.5 Å². The zero-order valence-electron chi connectivity index (χ0n) is 17.1. The molecule has 2 aliphatic heterocycles. The molecule has 2 atom stereocenters. The molecule has 5 nitrogen and oxygen atoms in total. The van der Waals surface area contributed by atoms with Crippen LogP contribution in [0.2, 0.25) is 0 Å². The molecule has 28 heavy (non-hydrogen) atoms. The molecule has 2 saturated heterocycles. The highest BCUT2D eigenvalue weighted by Crippen LogP contribution is 2.64. The normalized spacial score (nSPS) is 50.0. The van der Waals surface area contributed by atoms with Gasteiger partial charge in [-0.15, -0.1) is 0 Å². The first kappa shape index (κ1) is 18.1. The predicted octanol–water partition coefficient (Wildman–Crippen LogP) is 4.41. The van der Waals surface area contributed by atoms with E-state index in [0.29, 0.717) is 30.1 Å². The molecule has 0 aromatic heterocycles. The van der Waals surface area contributed by atoms with Crippen LogP contribution < -0.4 is 0 Å². The van der Waals surface area contributed by atoms with E-state index in [1.54, 1.807) is 0 Å². The maximum atomic E-state index is 12.8. The highest BCUT2D eigenvalue weighted by molar-refractivity contribution is 5.76. The van der Waals surface area contributed by atoms with Gasteiger partial charge in [-0.1, -0.05) is 0 Å². The third-order valence-corrected chi connectivity index (χ3v) is 8.89. The van der Waals surface area contributed by atoms with Crippen molar-refractivity contribution < 1.29 is 19.3 Å². The minimum Gasteiger partial charge on any atom is -0.343 e. The molecule has 1 amide bonds. The van der Waals surface area contributed by atoms with Gasteiger partial charge in [0.1, 0.15) is 0 Å². The Balaban J connectivity index is 1.14. The molecular weight excluding hydrogens is 354 g/mol. The number of amides is 1. The largest absolute Gasteiger partial charge is 0.343 e. The summed E-state index contributed by atoms with van der Waals surface area (Å²) >= 11 is 0. The summed E-state index contributed by atoms with van der Waals surface area (Å²) in [6, 6.07) is 0. The average Bonchev–Trinajstić information content (AvgIpc) is 3.06. The van der Waals surface area contributed by atoms with Gasteiger partial charge >= 0.3 is 0 Å². The van der Waals surface area contributed by atoms with Gasteiger partial charge in [-0.2, -0.15) is 9.78 Å². The Morgan fingerprint density at radius 2 is 1.61 bits per heavy atom. The fraction of sp³-hybridized carbons (Fsp3) is 0.957. The number of likely N-dealkylation sites (tertiary alicyclic amines) is 1. The highest BCUT2D eigenvalue weighted by Gasteiger charge is 2.67. The molecule has 7 rings (SSSR count). The Bertz CT molecular complexity index is 602. The van der Waals surface area contributed by atoms with Gasteiger partial charge in [-0.05, 0) is 82.0 Å². The molecule has 0 N–H and O–H groups in total. The van der Waals surface area contributed by atoms with Crippen molar-refractivity contribution >= 4 is 5.91 Å². The van der Waals surface area contributed by atoms with Crippen molar-refractivity contribution in [3.63, 3.8) is 0 Å². The van der Waals surface area contributed by atoms with Crippen molar-refractivity contribution in [2.75, 3.05) is 13.1 Å². The quantitative estimate of drug-likeness (QED) is 0.657. The van der Waals surface area contributed by atoms with Crippen molar-refractivity contribution in [1.82, 2.24) is 4.90 Å². The van der Waals surface area contributed by atoms with Crippen LogP contribution in [0.15, 0.2) is 0 Å². The second kappa shape index (κ2) is 6.68. The first-order valence-electron chi connectivity index (χ1n) is 12.0. The molecule has 0 radical (unpaired) electrons. The lowest BCUT2D eigenvalue weighted by molar-refractivity contribution is -0.390. The van der Waals surface area contributed by atoms with Crippen molar-refractivity contribution in [3.8, 4) is 0 Å². The number of rotatable bonds is 2. The summed E-state index contributed by atoms with van der Waals surface area (Å²) in [6.45, 7) is 1.89. The third-order valence-electron chi connectivity index (χ3n) is 8.89. The van der Waals surface area contributed by atoms with Crippen molar-refractivity contribution in [2.24, 2.45) is 29.6 Å². The van der Waals surface area contributed by atoms with E-state index >= 15 is 0 Å². The van der Waals surface area contributed by atoms with E-state index in [9.17, 15) is 4.79 Å². The standard InChI is InChI=1S/C23H35NO4/c25-21(24-7-2-1-3-8-24)14-16-5-4-6-22(15-16)26-23(28-27-22)19-10-17-9-18(12-19)13-20(23)11-17/h16-20H,1-15H2. The molecule has 5 saturated carbocycles. The first-order chi connectivity index (χ1) is 13.6. The Labute approximate surface area is 168 Å². The molecular formula is C23H35NO4. The van der Waals surface area contributed by atoms with Gasteiger partial charge in [-0.3, -0.25) is 4.79 Å². The van der Waals surface area contributed by atoms with Crippen molar-refractivity contribution in [2.45, 2.75) is 95.0 Å². The second-order valence-electron chi connectivity index (χ2n) is 10.8. The molecule has 2 spiro atoms. The van der Waals surface area contributed by atoms with Gasteiger partial charge in [0, 0.05) is 44.2 Å². The van der Waals surface area contributed by atoms with Gasteiger partial charge in [0.15, 0.2) is 0 Å². The van der Waals surface area contributed by atoms with Gasteiger partial charge in [0.05, 0.1) is 0 Å². The smallest absolute Gasteiger partial charge is 0.222 e. The summed E-state index contributed by atoms with van der Waals surface area (Å²) in [5.74, 6) is 2.42. The average molecular weight is 390 g/mol. The summed E-state index contributed by atoms with van der Waals surface area (Å²) in [6.07, 6.45) is 14.6. The molecule has 2 heterocycles. The number of carbonyl (C=O) groups excluding carboxylic acids is 1. The molecule has 156 valence electrons. The lowest BCUT2D eigenvalue weighted by Gasteiger charge is -2.57. The van der Waals surface area contributed by atoms with Crippen LogP contribution in [0.1, 0.15) is 83.5 Å². The summed E-state index contributed by atoms with van der Waals surface area (Å²) in [5, 5.41) is 0. The van der Waals surface area contributed by atoms with Crippen molar-refractivity contribution in [3.05, 3.63) is 0 Å². The van der Waals surface area contributed by atoms with E-state index in [0.717, 1.165) is 63.5 Å². The lowest BCUT2D eigenvalue weighted by atomic mass is 9.53. The Hall–Kier alpha value is -0.650. The molecule has 7 aliphatic rings. The number of hydrogen-bond acceptors (Lipinski definition) is 4. The lowest BCUT2D eigenvalue weighted by Crippen LogP contribution is -2.59. The summed E-state index contributed by atoms with van der Waals surface area (Å²) < 4.78 is 6.84. The Kier molecular flexibility index (Phi) is 4.33. The first-order valence-corrected chi connectivity index (χ1v) is 12.0. The van der Waals surface area contributed by atoms with E-state index in [2.05, 4.69) is 4.90 Å². The van der Waals surface area contributed by atoms with E-state index < -0.39 is 11.6 Å². The number of ether oxygens (including phenoxy) is 1. The topological polar surface area (TPSA) is 48.0 Å². The molecule has 5 heteroatoms. The molecule has 5 aliphatic carbocycles. The van der Waals surface area contributed by atoms with E-state index in [4.69, 9.17) is 14.5 Å². The molecule has 2 unspecified atom stereocenters. The van der Waals surface area contributed by atoms with Crippen LogP contribution in [0.4, 0.5) is 0 Å². The van der Waals surface area contributed by atoms with Crippen LogP contribution in [0.3, 0.4) is 0 Å². The fourth-order valence-corrected chi connectivity index (χ4v) is 7.78. The monoisotopic (exact) mass is 389 g/mol.